The molecule has 0 amide bonds. The Hall–Kier alpha value is -1.33. The number of nitrogens with one attached hydrogen (secondary N) is 1. The SMILES string of the molecule is Cc1ccc(-c2nc3c(N)cc(Br)cc3[nH]2)c(Br)c1. The molecule has 96 valence electrons. The van der Waals surface area contributed by atoms with E-state index >= 15 is 0 Å². The summed E-state index contributed by atoms with van der Waals surface area (Å²) in [4.78, 5) is 7.89. The van der Waals surface area contributed by atoms with Gasteiger partial charge >= 0.3 is 0 Å². The van der Waals surface area contributed by atoms with Crippen molar-refractivity contribution < 1.29 is 0 Å². The number of H-pyrrole nitrogens is 1. The van der Waals surface area contributed by atoms with E-state index in [-0.39, 0.29) is 0 Å². The van der Waals surface area contributed by atoms with E-state index in [9.17, 15) is 0 Å². The summed E-state index contributed by atoms with van der Waals surface area (Å²) in [5.41, 5.74) is 10.6. The van der Waals surface area contributed by atoms with Crippen molar-refractivity contribution in [1.29, 1.82) is 0 Å². The van der Waals surface area contributed by atoms with Crippen LogP contribution in [0.4, 0.5) is 5.69 Å². The summed E-state index contributed by atoms with van der Waals surface area (Å²) in [6, 6.07) is 10.0. The maximum atomic E-state index is 5.99. The molecule has 0 saturated carbocycles. The summed E-state index contributed by atoms with van der Waals surface area (Å²) in [5, 5.41) is 0. The standard InChI is InChI=1S/C14H11Br2N3/c1-7-2-3-9(10(16)4-7)14-18-12-6-8(15)5-11(17)13(12)19-14/h2-6H,17H2,1H3,(H,18,19). The number of fused-ring (bicyclic) bond motifs is 1. The number of rotatable bonds is 1. The lowest BCUT2D eigenvalue weighted by Crippen LogP contribution is -1.86. The van der Waals surface area contributed by atoms with Gasteiger partial charge in [0.2, 0.25) is 0 Å². The molecule has 0 aliphatic carbocycles. The van der Waals surface area contributed by atoms with Gasteiger partial charge in [-0.2, -0.15) is 0 Å². The second-order valence-corrected chi connectivity index (χ2v) is 6.23. The molecule has 0 fully saturated rings. The molecule has 0 saturated heterocycles. The maximum absolute atomic E-state index is 5.99. The molecule has 3 N–H and O–H groups in total. The van der Waals surface area contributed by atoms with Crippen molar-refractivity contribution >= 4 is 48.6 Å². The number of hydrogen-bond donors (Lipinski definition) is 2. The van der Waals surface area contributed by atoms with Crippen LogP contribution in [0.5, 0.6) is 0 Å². The van der Waals surface area contributed by atoms with E-state index in [0.717, 1.165) is 31.4 Å². The number of halogens is 2. The van der Waals surface area contributed by atoms with Gasteiger partial charge in [-0.1, -0.05) is 37.9 Å². The lowest BCUT2D eigenvalue weighted by atomic mass is 10.1. The maximum Gasteiger partial charge on any atom is 0.139 e. The number of anilines is 1. The molecule has 3 nitrogen and oxygen atoms in total. The zero-order valence-corrected chi connectivity index (χ0v) is 13.3. The number of nitrogens with zero attached hydrogens (tertiary/aromatic N) is 1. The number of aryl methyl sites for hydroxylation is 1. The highest BCUT2D eigenvalue weighted by Gasteiger charge is 2.11. The molecule has 0 bridgehead atoms. The van der Waals surface area contributed by atoms with Crippen LogP contribution < -0.4 is 5.73 Å². The van der Waals surface area contributed by atoms with E-state index < -0.39 is 0 Å². The van der Waals surface area contributed by atoms with Crippen LogP contribution in [0, 0.1) is 6.92 Å². The predicted molar refractivity (Wildman–Crippen MR) is 86.1 cm³/mol. The van der Waals surface area contributed by atoms with Gasteiger partial charge in [0.15, 0.2) is 0 Å². The Morgan fingerprint density at radius 2 is 1.95 bits per heavy atom. The largest absolute Gasteiger partial charge is 0.397 e. The lowest BCUT2D eigenvalue weighted by molar-refractivity contribution is 1.32. The average Bonchev–Trinajstić information content (AvgIpc) is 2.72. The first-order chi connectivity index (χ1) is 9.04. The fraction of sp³-hybridized carbons (Fsp3) is 0.0714. The van der Waals surface area contributed by atoms with Crippen molar-refractivity contribution in [3.63, 3.8) is 0 Å². The van der Waals surface area contributed by atoms with Crippen LogP contribution >= 0.6 is 31.9 Å². The van der Waals surface area contributed by atoms with Crippen LogP contribution in [0.3, 0.4) is 0 Å². The molecule has 0 radical (unpaired) electrons. The number of hydrogen-bond acceptors (Lipinski definition) is 2. The minimum atomic E-state index is 0.662. The van der Waals surface area contributed by atoms with Gasteiger partial charge in [0, 0.05) is 14.5 Å². The summed E-state index contributed by atoms with van der Waals surface area (Å²) in [6.07, 6.45) is 0. The smallest absolute Gasteiger partial charge is 0.139 e. The first kappa shape index (κ1) is 12.7. The molecular formula is C14H11Br2N3. The van der Waals surface area contributed by atoms with Gasteiger partial charge in [-0.05, 0) is 36.8 Å². The summed E-state index contributed by atoms with van der Waals surface area (Å²) in [6.45, 7) is 2.06. The molecule has 0 atom stereocenters. The van der Waals surface area contributed by atoms with Gasteiger partial charge in [0.05, 0.1) is 11.2 Å². The van der Waals surface area contributed by atoms with E-state index in [0.29, 0.717) is 5.69 Å². The van der Waals surface area contributed by atoms with Crippen LogP contribution in [0.2, 0.25) is 0 Å². The molecule has 0 unspecified atom stereocenters. The number of imidazole rings is 1. The third kappa shape index (κ3) is 2.28. The van der Waals surface area contributed by atoms with E-state index in [1.807, 2.05) is 18.2 Å². The van der Waals surface area contributed by atoms with Gasteiger partial charge < -0.3 is 10.7 Å². The molecule has 0 aliphatic heterocycles. The fourth-order valence-corrected chi connectivity index (χ4v) is 3.20. The summed E-state index contributed by atoms with van der Waals surface area (Å²) in [5.74, 6) is 0.812. The number of aromatic nitrogens is 2. The molecule has 1 aromatic heterocycles. The normalized spacial score (nSPS) is 11.1. The Kier molecular flexibility index (Phi) is 3.11. The van der Waals surface area contributed by atoms with E-state index in [4.69, 9.17) is 5.73 Å². The predicted octanol–water partition coefficient (Wildman–Crippen LogP) is 4.65. The van der Waals surface area contributed by atoms with Gasteiger partial charge in [-0.25, -0.2) is 4.98 Å². The van der Waals surface area contributed by atoms with E-state index in [2.05, 4.69) is 60.9 Å². The Bertz CT molecular complexity index is 778. The van der Waals surface area contributed by atoms with Crippen LogP contribution in [0.15, 0.2) is 39.3 Å². The molecule has 1 heterocycles. The molecule has 0 spiro atoms. The van der Waals surface area contributed by atoms with Gasteiger partial charge in [0.1, 0.15) is 11.3 Å². The van der Waals surface area contributed by atoms with Crippen molar-refractivity contribution in [2.75, 3.05) is 5.73 Å². The van der Waals surface area contributed by atoms with Crippen molar-refractivity contribution in [1.82, 2.24) is 9.97 Å². The van der Waals surface area contributed by atoms with Crippen molar-refractivity contribution in [2.45, 2.75) is 6.92 Å². The van der Waals surface area contributed by atoms with E-state index in [1.165, 1.54) is 5.56 Å². The third-order valence-electron chi connectivity index (χ3n) is 2.96. The first-order valence-corrected chi connectivity index (χ1v) is 7.34. The van der Waals surface area contributed by atoms with Crippen LogP contribution in [0.1, 0.15) is 5.56 Å². The Morgan fingerprint density at radius 3 is 2.68 bits per heavy atom. The van der Waals surface area contributed by atoms with Crippen molar-refractivity contribution in [3.05, 3.63) is 44.8 Å². The molecule has 5 heteroatoms. The van der Waals surface area contributed by atoms with Gasteiger partial charge in [-0.15, -0.1) is 0 Å². The highest BCUT2D eigenvalue weighted by atomic mass is 79.9. The Morgan fingerprint density at radius 1 is 1.16 bits per heavy atom. The van der Waals surface area contributed by atoms with Crippen molar-refractivity contribution in [2.24, 2.45) is 0 Å². The van der Waals surface area contributed by atoms with Crippen molar-refractivity contribution in [3.8, 4) is 11.4 Å². The Balaban J connectivity index is 2.23. The molecule has 3 aromatic rings. The molecular weight excluding hydrogens is 370 g/mol. The molecule has 0 aliphatic rings. The van der Waals surface area contributed by atoms with Gasteiger partial charge in [-0.3, -0.25) is 0 Å². The molecule has 19 heavy (non-hydrogen) atoms. The second kappa shape index (κ2) is 4.65. The first-order valence-electron chi connectivity index (χ1n) is 5.76. The summed E-state index contributed by atoms with van der Waals surface area (Å²) >= 11 is 7.01. The number of aromatic amines is 1. The van der Waals surface area contributed by atoms with Crippen LogP contribution in [0.25, 0.3) is 22.4 Å². The Labute approximate surface area is 127 Å². The molecule has 2 aromatic carbocycles. The van der Waals surface area contributed by atoms with E-state index in [1.54, 1.807) is 0 Å². The molecule has 3 rings (SSSR count). The zero-order chi connectivity index (χ0) is 13.6. The highest BCUT2D eigenvalue weighted by Crippen LogP contribution is 2.31. The van der Waals surface area contributed by atoms with Crippen LogP contribution in [-0.2, 0) is 0 Å². The number of nitrogens with two attached hydrogens (primary N) is 1. The topological polar surface area (TPSA) is 54.7 Å². The second-order valence-electron chi connectivity index (χ2n) is 4.46. The number of benzene rings is 2. The lowest BCUT2D eigenvalue weighted by Gasteiger charge is -2.01. The highest BCUT2D eigenvalue weighted by molar-refractivity contribution is 9.10. The monoisotopic (exact) mass is 379 g/mol. The van der Waals surface area contributed by atoms with Gasteiger partial charge in [0.25, 0.3) is 0 Å². The van der Waals surface area contributed by atoms with Crippen LogP contribution in [-0.4, -0.2) is 9.97 Å². The minimum Gasteiger partial charge on any atom is -0.397 e. The third-order valence-corrected chi connectivity index (χ3v) is 4.07. The quantitative estimate of drug-likeness (QED) is 0.604. The average molecular weight is 381 g/mol. The fourth-order valence-electron chi connectivity index (χ4n) is 2.05. The zero-order valence-electron chi connectivity index (χ0n) is 10.2. The number of nitrogen functional groups attached to an aromatic ring is 1. The minimum absolute atomic E-state index is 0.662. The summed E-state index contributed by atoms with van der Waals surface area (Å²) in [7, 11) is 0. The summed E-state index contributed by atoms with van der Waals surface area (Å²) < 4.78 is 1.96.